The van der Waals surface area contributed by atoms with Crippen LogP contribution in [0.25, 0.3) is 0 Å². The summed E-state index contributed by atoms with van der Waals surface area (Å²) in [5, 5.41) is 2.33. The topological polar surface area (TPSA) is 116 Å². The third-order valence-corrected chi connectivity index (χ3v) is 3.12. The molecule has 0 spiro atoms. The summed E-state index contributed by atoms with van der Waals surface area (Å²) in [6.45, 7) is 0.371. The minimum Gasteiger partial charge on any atom is -0.339 e. The maximum Gasteiger partial charge on any atom is 0.491 e. The lowest BCUT2D eigenvalue weighted by Gasteiger charge is -2.16. The molecule has 7 nitrogen and oxygen atoms in total. The molecular formula is C13H17FN2O5S. The second-order valence-electron chi connectivity index (χ2n) is 4.47. The number of hydrogen-bond donors (Lipinski definition) is 2. The molecule has 0 unspecified atom stereocenters. The normalized spacial score (nSPS) is 12.5. The fourth-order valence-electron chi connectivity index (χ4n) is 1.73. The van der Waals surface area contributed by atoms with Crippen LogP contribution in [0.15, 0.2) is 30.3 Å². The van der Waals surface area contributed by atoms with Gasteiger partial charge in [0.15, 0.2) is 0 Å². The molecule has 1 aromatic carbocycles. The van der Waals surface area contributed by atoms with Gasteiger partial charge in [-0.25, -0.2) is 4.79 Å². The Morgan fingerprint density at radius 3 is 2.41 bits per heavy atom. The van der Waals surface area contributed by atoms with Crippen molar-refractivity contribution in [2.24, 2.45) is 5.73 Å². The summed E-state index contributed by atoms with van der Waals surface area (Å²) in [7, 11) is -5.42. The van der Waals surface area contributed by atoms with Gasteiger partial charge >= 0.3 is 16.5 Å². The average molecular weight is 332 g/mol. The molecule has 1 atom stereocenters. The van der Waals surface area contributed by atoms with Crippen molar-refractivity contribution in [1.29, 1.82) is 0 Å². The molecule has 1 amide bonds. The zero-order valence-corrected chi connectivity index (χ0v) is 12.5. The Bertz CT molecular complexity index is 606. The molecule has 0 aliphatic rings. The van der Waals surface area contributed by atoms with Crippen molar-refractivity contribution in [2.45, 2.75) is 25.3 Å². The van der Waals surface area contributed by atoms with E-state index in [9.17, 15) is 21.9 Å². The number of amides is 1. The largest absolute Gasteiger partial charge is 0.491 e. The third-order valence-electron chi connectivity index (χ3n) is 2.75. The van der Waals surface area contributed by atoms with E-state index in [-0.39, 0.29) is 12.0 Å². The van der Waals surface area contributed by atoms with Crippen LogP contribution in [0.5, 0.6) is 0 Å². The highest BCUT2D eigenvalue weighted by Gasteiger charge is 2.27. The number of rotatable bonds is 8. The van der Waals surface area contributed by atoms with E-state index in [0.717, 1.165) is 0 Å². The van der Waals surface area contributed by atoms with E-state index in [1.54, 1.807) is 18.2 Å². The first kappa shape index (κ1) is 18.1. The number of unbranched alkanes of at least 4 members (excludes halogenated alkanes) is 1. The first-order valence-corrected chi connectivity index (χ1v) is 7.88. The van der Waals surface area contributed by atoms with Crippen LogP contribution in [0, 0.1) is 0 Å². The fourth-order valence-corrected chi connectivity index (χ4v) is 2.04. The Kier molecular flexibility index (Phi) is 6.93. The number of halogens is 1. The minimum atomic E-state index is -5.42. The smallest absolute Gasteiger partial charge is 0.339 e. The van der Waals surface area contributed by atoms with E-state index in [1.807, 2.05) is 0 Å². The number of benzene rings is 1. The summed E-state index contributed by atoms with van der Waals surface area (Å²) in [5.41, 5.74) is 5.61. The molecular weight excluding hydrogens is 315 g/mol. The van der Waals surface area contributed by atoms with Gasteiger partial charge in [-0.3, -0.25) is 4.79 Å². The Hall–Kier alpha value is -2.00. The van der Waals surface area contributed by atoms with Crippen molar-refractivity contribution in [3.63, 3.8) is 0 Å². The molecule has 0 bridgehead atoms. The SMILES string of the molecule is NCCCC[C@H](NC(=O)c1ccccc1)C(=O)OS(=O)(=O)F. The molecule has 0 saturated carbocycles. The molecule has 3 N–H and O–H groups in total. The van der Waals surface area contributed by atoms with Gasteiger partial charge < -0.3 is 15.2 Å². The zero-order valence-electron chi connectivity index (χ0n) is 11.7. The second kappa shape index (κ2) is 8.44. The van der Waals surface area contributed by atoms with Crippen molar-refractivity contribution in [1.82, 2.24) is 5.32 Å². The number of nitrogens with two attached hydrogens (primary N) is 1. The summed E-state index contributed by atoms with van der Waals surface area (Å²) in [4.78, 5) is 23.6. The van der Waals surface area contributed by atoms with Crippen molar-refractivity contribution in [3.8, 4) is 0 Å². The van der Waals surface area contributed by atoms with E-state index in [4.69, 9.17) is 5.73 Å². The number of nitrogens with one attached hydrogen (secondary N) is 1. The molecule has 0 heterocycles. The van der Waals surface area contributed by atoms with Crippen LogP contribution >= 0.6 is 0 Å². The van der Waals surface area contributed by atoms with Gasteiger partial charge in [-0.05, 0) is 37.9 Å². The molecule has 122 valence electrons. The standard InChI is InChI=1S/C13H17FN2O5S/c14-22(19,20)21-13(18)11(8-4-5-9-15)16-12(17)10-6-2-1-3-7-10/h1-3,6-7,11H,4-5,8-9,15H2,(H,16,17)/t11-/m0/s1. The van der Waals surface area contributed by atoms with E-state index < -0.39 is 28.4 Å². The Morgan fingerprint density at radius 2 is 1.86 bits per heavy atom. The monoisotopic (exact) mass is 332 g/mol. The molecule has 0 aliphatic carbocycles. The van der Waals surface area contributed by atoms with Gasteiger partial charge in [0, 0.05) is 5.56 Å². The lowest BCUT2D eigenvalue weighted by atomic mass is 10.1. The van der Waals surface area contributed by atoms with Crippen molar-refractivity contribution in [2.75, 3.05) is 6.54 Å². The van der Waals surface area contributed by atoms with Crippen LogP contribution in [-0.4, -0.2) is 32.9 Å². The van der Waals surface area contributed by atoms with Crippen molar-refractivity contribution in [3.05, 3.63) is 35.9 Å². The number of hydrogen-bond acceptors (Lipinski definition) is 6. The first-order valence-electron chi connectivity index (χ1n) is 6.57. The second-order valence-corrected chi connectivity index (χ2v) is 5.42. The van der Waals surface area contributed by atoms with Gasteiger partial charge in [0.1, 0.15) is 6.04 Å². The van der Waals surface area contributed by atoms with Gasteiger partial charge in [-0.1, -0.05) is 22.1 Å². The predicted molar refractivity (Wildman–Crippen MR) is 76.7 cm³/mol. The highest BCUT2D eigenvalue weighted by Crippen LogP contribution is 2.08. The maximum atomic E-state index is 12.4. The van der Waals surface area contributed by atoms with Crippen LogP contribution in [0.3, 0.4) is 0 Å². The molecule has 0 aliphatic heterocycles. The Morgan fingerprint density at radius 1 is 1.23 bits per heavy atom. The molecule has 0 aromatic heterocycles. The number of carbonyl (C=O) groups is 2. The highest BCUT2D eigenvalue weighted by molar-refractivity contribution is 7.81. The van der Waals surface area contributed by atoms with E-state index >= 15 is 0 Å². The summed E-state index contributed by atoms with van der Waals surface area (Å²) in [6, 6.07) is 6.72. The van der Waals surface area contributed by atoms with Gasteiger partial charge in [-0.2, -0.15) is 8.42 Å². The molecule has 0 fully saturated rings. The van der Waals surface area contributed by atoms with Crippen LogP contribution in [0.4, 0.5) is 3.89 Å². The van der Waals surface area contributed by atoms with Crippen molar-refractivity contribution < 1.29 is 26.1 Å². The Labute approximate surface area is 128 Å². The van der Waals surface area contributed by atoms with Gasteiger partial charge in [0.2, 0.25) is 0 Å². The summed E-state index contributed by atoms with van der Waals surface area (Å²) in [6.07, 6.45) is 1.09. The maximum absolute atomic E-state index is 12.4. The predicted octanol–water partition coefficient (Wildman–Crippen LogP) is 0.671. The van der Waals surface area contributed by atoms with Crippen LogP contribution in [-0.2, 0) is 19.5 Å². The summed E-state index contributed by atoms with van der Waals surface area (Å²) >= 11 is 0. The van der Waals surface area contributed by atoms with E-state index in [1.165, 1.54) is 12.1 Å². The van der Waals surface area contributed by atoms with E-state index in [2.05, 4.69) is 9.50 Å². The van der Waals surface area contributed by atoms with Gasteiger partial charge in [-0.15, -0.1) is 0 Å². The lowest BCUT2D eigenvalue weighted by molar-refractivity contribution is -0.136. The lowest BCUT2D eigenvalue weighted by Crippen LogP contribution is -2.42. The minimum absolute atomic E-state index is 0.0874. The number of carbonyl (C=O) groups excluding carboxylic acids is 2. The fraction of sp³-hybridized carbons (Fsp3) is 0.385. The van der Waals surface area contributed by atoms with Crippen LogP contribution in [0.2, 0.25) is 0 Å². The summed E-state index contributed by atoms with van der Waals surface area (Å²) in [5.74, 6) is -1.96. The highest BCUT2D eigenvalue weighted by atomic mass is 32.3. The average Bonchev–Trinajstić information content (AvgIpc) is 2.45. The molecule has 1 aromatic rings. The van der Waals surface area contributed by atoms with Gasteiger partial charge in [0.25, 0.3) is 5.91 Å². The quantitative estimate of drug-likeness (QED) is 0.534. The van der Waals surface area contributed by atoms with Crippen molar-refractivity contribution >= 4 is 22.4 Å². The molecule has 0 radical (unpaired) electrons. The molecule has 9 heteroatoms. The molecule has 0 saturated heterocycles. The van der Waals surface area contributed by atoms with Gasteiger partial charge in [0.05, 0.1) is 0 Å². The van der Waals surface area contributed by atoms with E-state index in [0.29, 0.717) is 19.4 Å². The van der Waals surface area contributed by atoms with Crippen LogP contribution < -0.4 is 11.1 Å². The van der Waals surface area contributed by atoms with Crippen LogP contribution in [0.1, 0.15) is 29.6 Å². The zero-order chi connectivity index (χ0) is 16.6. The Balaban J connectivity index is 2.76. The summed E-state index contributed by atoms with van der Waals surface area (Å²) < 4.78 is 36.9. The molecule has 1 rings (SSSR count). The molecule has 22 heavy (non-hydrogen) atoms. The third kappa shape index (κ3) is 6.64. The first-order chi connectivity index (χ1) is 10.3.